The second-order valence-electron chi connectivity index (χ2n) is 17.6. The van der Waals surface area contributed by atoms with Gasteiger partial charge in [-0.15, -0.1) is 11.6 Å². The zero-order valence-corrected chi connectivity index (χ0v) is 36.9. The van der Waals surface area contributed by atoms with E-state index in [1.807, 2.05) is 0 Å². The maximum Gasteiger partial charge on any atom is 0.00873 e. The van der Waals surface area contributed by atoms with Crippen LogP contribution < -0.4 is 24.8 Å². The van der Waals surface area contributed by atoms with Crippen LogP contribution in [0.4, 0.5) is 0 Å². The van der Waals surface area contributed by atoms with Crippen LogP contribution in [0.1, 0.15) is 144 Å². The average molecular weight is 783 g/mol. The summed E-state index contributed by atoms with van der Waals surface area (Å²) in [6, 6.07) is 23.2. The molecule has 3 aliphatic rings. The van der Waals surface area contributed by atoms with Crippen LogP contribution in [-0.4, -0.2) is 3.71 Å². The summed E-state index contributed by atoms with van der Waals surface area (Å²) in [6.07, 6.45) is 7.13. The predicted molar refractivity (Wildman–Crippen MR) is 207 cm³/mol. The Morgan fingerprint density at radius 1 is 0.700 bits per heavy atom. The average Bonchev–Trinajstić information content (AvgIpc) is 3.65. The Hall–Kier alpha value is -2.18. The van der Waals surface area contributed by atoms with E-state index in [9.17, 15) is 0 Å². The van der Waals surface area contributed by atoms with Crippen molar-refractivity contribution in [2.45, 2.75) is 125 Å². The van der Waals surface area contributed by atoms with Crippen molar-refractivity contribution >= 4 is 14.9 Å². The van der Waals surface area contributed by atoms with Gasteiger partial charge in [-0.25, -0.2) is 11.6 Å². The van der Waals surface area contributed by atoms with E-state index >= 15 is 0 Å². The number of aryl methyl sites for hydroxylation is 2. The molecule has 0 bridgehead atoms. The van der Waals surface area contributed by atoms with Crippen molar-refractivity contribution in [1.82, 2.24) is 0 Å². The largest absolute Gasteiger partial charge is 1.00 e. The van der Waals surface area contributed by atoms with E-state index in [1.54, 1.807) is 0 Å². The fraction of sp³-hybridized carbons (Fsp3) is 0.404. The quantitative estimate of drug-likeness (QED) is 0.172. The Kier molecular flexibility index (Phi) is 12.7. The zero-order chi connectivity index (χ0) is 35.6. The monoisotopic (exact) mass is 780 g/mol. The molecule has 0 nitrogen and oxygen atoms in total. The first kappa shape index (κ1) is 42.2. The topological polar surface area (TPSA) is 0 Å². The number of benzene rings is 3. The van der Waals surface area contributed by atoms with Crippen molar-refractivity contribution in [2.24, 2.45) is 0 Å². The van der Waals surface area contributed by atoms with E-state index in [4.69, 9.17) is 0 Å². The summed E-state index contributed by atoms with van der Waals surface area (Å²) in [5.74, 6) is 0. The number of hydrogen-bond acceptors (Lipinski definition) is 0. The Labute approximate surface area is 331 Å². The fourth-order valence-electron chi connectivity index (χ4n) is 7.96. The maximum absolute atomic E-state index is 3.65. The fourth-order valence-corrected chi connectivity index (χ4v) is 8.44. The molecular formula is C47H56Cl2Zr-2. The third-order valence-corrected chi connectivity index (χ3v) is 11.2. The van der Waals surface area contributed by atoms with Crippen LogP contribution >= 0.6 is 0 Å². The summed E-state index contributed by atoms with van der Waals surface area (Å²) in [7, 11) is 0. The zero-order valence-electron chi connectivity index (χ0n) is 32.9. The maximum atomic E-state index is 3.65. The molecule has 7 rings (SSSR count). The van der Waals surface area contributed by atoms with Gasteiger partial charge < -0.3 is 24.8 Å². The van der Waals surface area contributed by atoms with Crippen LogP contribution in [-0.2, 0) is 52.3 Å². The molecule has 4 aromatic rings. The molecule has 3 aliphatic carbocycles. The Morgan fingerprint density at radius 2 is 1.24 bits per heavy atom. The Bertz CT molecular complexity index is 1860. The minimum absolute atomic E-state index is 0. The number of rotatable bonds is 1. The molecule has 3 heteroatoms. The van der Waals surface area contributed by atoms with Crippen molar-refractivity contribution in [3.63, 3.8) is 0 Å². The van der Waals surface area contributed by atoms with Gasteiger partial charge in [0.05, 0.1) is 0 Å². The molecule has 0 spiro atoms. The predicted octanol–water partition coefficient (Wildman–Crippen LogP) is 6.46. The minimum Gasteiger partial charge on any atom is -1.00 e. The van der Waals surface area contributed by atoms with Crippen LogP contribution in [0.5, 0.6) is 0 Å². The summed E-state index contributed by atoms with van der Waals surface area (Å²) in [4.78, 5) is 0. The van der Waals surface area contributed by atoms with Gasteiger partial charge in [-0.3, -0.25) is 6.08 Å². The molecule has 0 radical (unpaired) electrons. The van der Waals surface area contributed by atoms with Gasteiger partial charge in [0, 0.05) is 5.41 Å². The van der Waals surface area contributed by atoms with Gasteiger partial charge in [0.15, 0.2) is 0 Å². The molecule has 0 aliphatic heterocycles. The summed E-state index contributed by atoms with van der Waals surface area (Å²) in [6.45, 7) is 31.5. The third kappa shape index (κ3) is 8.54. The number of allylic oxidation sites excluding steroid dienone is 4. The smallest absolute Gasteiger partial charge is 0.00873 e. The molecule has 264 valence electrons. The third-order valence-electron chi connectivity index (χ3n) is 10.4. The number of halogens is 2. The molecule has 0 aromatic heterocycles. The molecular weight excluding hydrogens is 727 g/mol. The van der Waals surface area contributed by atoms with Gasteiger partial charge in [0.1, 0.15) is 0 Å². The molecule has 0 unspecified atom stereocenters. The van der Waals surface area contributed by atoms with Gasteiger partial charge in [0.2, 0.25) is 0 Å². The summed E-state index contributed by atoms with van der Waals surface area (Å²) >= 11 is 1.46. The minimum atomic E-state index is 0. The molecule has 0 fully saturated rings. The molecule has 0 atom stereocenters. The summed E-state index contributed by atoms with van der Waals surface area (Å²) in [5.41, 5.74) is 22.2. The number of fused-ring (bicyclic) bond motifs is 5. The van der Waals surface area contributed by atoms with E-state index < -0.39 is 0 Å². The molecule has 0 saturated heterocycles. The summed E-state index contributed by atoms with van der Waals surface area (Å²) in [5, 5.41) is 0. The van der Waals surface area contributed by atoms with Crippen molar-refractivity contribution in [3.8, 4) is 11.1 Å². The van der Waals surface area contributed by atoms with Crippen molar-refractivity contribution in [3.05, 3.63) is 134 Å². The van der Waals surface area contributed by atoms with Crippen molar-refractivity contribution < 1.29 is 49.0 Å². The van der Waals surface area contributed by atoms with Crippen LogP contribution in [0.25, 0.3) is 22.3 Å². The second kappa shape index (κ2) is 15.1. The SMILES string of the molecule is CC(C)(C)c1ccc([CH]=[Zr+2])cc1.CC1=[C-]C(C)(C)c2cc3c(cc21)-c1cc2c(cc1C3)C(C)(C)C=C2C.Cc1cc(C(C)(C)C)c(C)[cH-]1.[Cl-].[Cl-]. The first-order chi connectivity index (χ1) is 22.1. The molecule has 4 aromatic carbocycles. The standard InChI is InChI=1S/C25H25.C11H17.C11H14.2ClH.Zr/c1-14-12-24(3,4)22-8-16-7-17-9-23-19(15(2)13-25(23,5)6)11-21(17)20(16)10-18(14)22;1-8-6-9(2)10(7-8)11(3,4)5;1-9-5-7-10(8-6-9)11(2,3)4;;;/h8-12H,7H2,1-6H3;6-7H,1-5H3;1,5-8H,2-4H3;2*1H;/q2*-1;;;;+2/p-2. The Balaban J connectivity index is 0.000000229. The van der Waals surface area contributed by atoms with Gasteiger partial charge in [0.25, 0.3) is 0 Å². The van der Waals surface area contributed by atoms with Crippen LogP contribution in [0.2, 0.25) is 0 Å². The van der Waals surface area contributed by atoms with Crippen molar-refractivity contribution in [1.29, 1.82) is 0 Å². The van der Waals surface area contributed by atoms with Crippen LogP contribution in [0, 0.1) is 19.9 Å². The molecule has 0 saturated carbocycles. The molecule has 50 heavy (non-hydrogen) atoms. The van der Waals surface area contributed by atoms with Crippen molar-refractivity contribution in [2.75, 3.05) is 0 Å². The van der Waals surface area contributed by atoms with Gasteiger partial charge in [-0.2, -0.15) is 28.3 Å². The first-order valence-corrected chi connectivity index (χ1v) is 19.1. The van der Waals surface area contributed by atoms with Gasteiger partial charge >= 0.3 is 89.5 Å². The van der Waals surface area contributed by atoms with Gasteiger partial charge in [-0.05, 0) is 58.4 Å². The molecule has 0 heterocycles. The molecule has 0 amide bonds. The first-order valence-electron chi connectivity index (χ1n) is 17.6. The van der Waals surface area contributed by atoms with E-state index in [2.05, 4.69) is 173 Å². The second-order valence-corrected chi connectivity index (χ2v) is 18.3. The summed E-state index contributed by atoms with van der Waals surface area (Å²) < 4.78 is 2.21. The number of hydrogen-bond donors (Lipinski definition) is 0. The van der Waals surface area contributed by atoms with E-state index in [0.29, 0.717) is 5.41 Å². The van der Waals surface area contributed by atoms with Gasteiger partial charge in [-0.1, -0.05) is 98.3 Å². The Morgan fingerprint density at radius 3 is 1.70 bits per heavy atom. The molecule has 0 N–H and O–H groups in total. The van der Waals surface area contributed by atoms with E-state index in [0.717, 1.165) is 6.42 Å². The normalized spacial score (nSPS) is 15.7. The van der Waals surface area contributed by atoms with Crippen LogP contribution in [0.15, 0.2) is 66.7 Å². The van der Waals surface area contributed by atoms with Crippen LogP contribution in [0.3, 0.4) is 0 Å². The van der Waals surface area contributed by atoms with E-state index in [1.165, 1.54) is 108 Å². The van der Waals surface area contributed by atoms with E-state index in [-0.39, 0.29) is 41.1 Å².